The molecule has 0 bridgehead atoms. The molecule has 0 heteroatoms. The van der Waals surface area contributed by atoms with E-state index in [1.165, 1.54) is 109 Å². The Morgan fingerprint density at radius 2 is 0.842 bits per heavy atom. The van der Waals surface area contributed by atoms with Crippen molar-refractivity contribution in [3.63, 3.8) is 0 Å². The van der Waals surface area contributed by atoms with Crippen LogP contribution in [-0.2, 0) is 0 Å². The smallest absolute Gasteiger partial charge is 0.00954 e. The van der Waals surface area contributed by atoms with Crippen LogP contribution in [0.15, 0.2) is 60.7 Å². The number of hydrogen-bond acceptors (Lipinski definition) is 0. The van der Waals surface area contributed by atoms with Gasteiger partial charge in [0.1, 0.15) is 0 Å². The summed E-state index contributed by atoms with van der Waals surface area (Å²) in [4.78, 5) is 0. The Morgan fingerprint density at radius 3 is 1.29 bits per heavy atom. The summed E-state index contributed by atoms with van der Waals surface area (Å²) in [6.45, 7) is 0. The highest BCUT2D eigenvalue weighted by Gasteiger charge is 2.50. The number of allylic oxidation sites excluding steroid dienone is 4. The number of rotatable bonds is 4. The molecule has 0 saturated heterocycles. The Bertz CT molecular complexity index is 1080. The molecule has 5 aliphatic carbocycles. The third kappa shape index (κ3) is 4.35. The van der Waals surface area contributed by atoms with Crippen LogP contribution in [0.4, 0.5) is 0 Å². The maximum Gasteiger partial charge on any atom is 0.00954 e. The lowest BCUT2D eigenvalue weighted by Crippen LogP contribution is -2.35. The van der Waals surface area contributed by atoms with Crippen LogP contribution in [0.25, 0.3) is 11.1 Å². The molecule has 2 aromatic carbocycles. The predicted molar refractivity (Wildman–Crippen MR) is 162 cm³/mol. The van der Waals surface area contributed by atoms with E-state index in [9.17, 15) is 0 Å². The summed E-state index contributed by atoms with van der Waals surface area (Å²) in [6.07, 6.45) is 29.7. The van der Waals surface area contributed by atoms with Crippen molar-refractivity contribution in [1.29, 1.82) is 0 Å². The SMILES string of the molecule is C1=C(C2CCCCCC2)c2ccccc2C1C1(C2C=C(C3CCCCCC3)c3ccccc32)CCCCC1. The standard InChI is InChI=1S/C38H48/c1-2-7-17-28(16-6-1)34-26-36(32-22-12-10-20-30(32)34)38(24-14-5-15-25-38)37-27-35(29-18-8-3-4-9-19-29)31-21-11-13-23-33(31)37/h10-13,20-23,26-29,36-37H,1-9,14-19,24-25H2. The summed E-state index contributed by atoms with van der Waals surface area (Å²) in [5.41, 5.74) is 10.4. The van der Waals surface area contributed by atoms with Crippen LogP contribution >= 0.6 is 0 Å². The first-order chi connectivity index (χ1) is 18.9. The molecule has 7 rings (SSSR count). The summed E-state index contributed by atoms with van der Waals surface area (Å²) >= 11 is 0. The van der Waals surface area contributed by atoms with Crippen LogP contribution in [0.2, 0.25) is 0 Å². The van der Waals surface area contributed by atoms with E-state index in [1.54, 1.807) is 33.4 Å². The van der Waals surface area contributed by atoms with Crippen LogP contribution in [0.3, 0.4) is 0 Å². The summed E-state index contributed by atoms with van der Waals surface area (Å²) in [5, 5.41) is 0. The molecule has 0 spiro atoms. The molecule has 0 N–H and O–H groups in total. The zero-order valence-electron chi connectivity index (χ0n) is 23.6. The molecule has 2 aromatic rings. The Morgan fingerprint density at radius 1 is 0.447 bits per heavy atom. The van der Waals surface area contributed by atoms with Gasteiger partial charge in [-0.2, -0.15) is 0 Å². The van der Waals surface area contributed by atoms with Gasteiger partial charge in [0.25, 0.3) is 0 Å². The second-order valence-corrected chi connectivity index (χ2v) is 13.5. The van der Waals surface area contributed by atoms with Gasteiger partial charge in [0.15, 0.2) is 0 Å². The molecule has 0 nitrogen and oxygen atoms in total. The van der Waals surface area contributed by atoms with Crippen molar-refractivity contribution in [2.45, 2.75) is 121 Å². The van der Waals surface area contributed by atoms with E-state index < -0.39 is 0 Å². The highest BCUT2D eigenvalue weighted by atomic mass is 14.5. The molecule has 3 saturated carbocycles. The molecule has 5 aliphatic rings. The van der Waals surface area contributed by atoms with Gasteiger partial charge in [-0.3, -0.25) is 0 Å². The van der Waals surface area contributed by atoms with Gasteiger partial charge >= 0.3 is 0 Å². The normalized spacial score (nSPS) is 28.1. The van der Waals surface area contributed by atoms with E-state index in [4.69, 9.17) is 0 Å². The van der Waals surface area contributed by atoms with Crippen LogP contribution in [0, 0.1) is 17.3 Å². The summed E-state index contributed by atoms with van der Waals surface area (Å²) in [6, 6.07) is 19.3. The molecule has 0 heterocycles. The van der Waals surface area contributed by atoms with Gasteiger partial charge in [-0.1, -0.05) is 131 Å². The summed E-state index contributed by atoms with van der Waals surface area (Å²) < 4.78 is 0. The zero-order chi connectivity index (χ0) is 25.4. The van der Waals surface area contributed by atoms with Gasteiger partial charge in [-0.25, -0.2) is 0 Å². The summed E-state index contributed by atoms with van der Waals surface area (Å²) in [5.74, 6) is 2.69. The Balaban J connectivity index is 1.34. The highest BCUT2D eigenvalue weighted by Crippen LogP contribution is 2.63. The largest absolute Gasteiger partial charge is 0.0723 e. The molecule has 0 amide bonds. The minimum atomic E-state index is 0.323. The Labute approximate surface area is 232 Å². The quantitative estimate of drug-likeness (QED) is 0.363. The van der Waals surface area contributed by atoms with Crippen molar-refractivity contribution >= 4 is 11.1 Å². The van der Waals surface area contributed by atoms with Crippen molar-refractivity contribution in [2.24, 2.45) is 17.3 Å². The topological polar surface area (TPSA) is 0 Å². The minimum Gasteiger partial charge on any atom is -0.0723 e. The molecule has 0 aromatic heterocycles. The van der Waals surface area contributed by atoms with Crippen molar-refractivity contribution in [3.05, 3.63) is 82.9 Å². The fraction of sp³-hybridized carbons (Fsp3) is 0.579. The minimum absolute atomic E-state index is 0.323. The molecule has 0 aliphatic heterocycles. The first kappa shape index (κ1) is 24.9. The van der Waals surface area contributed by atoms with Crippen LogP contribution < -0.4 is 0 Å². The van der Waals surface area contributed by atoms with Gasteiger partial charge in [0.05, 0.1) is 0 Å². The highest BCUT2D eigenvalue weighted by molar-refractivity contribution is 5.79. The van der Waals surface area contributed by atoms with Crippen molar-refractivity contribution < 1.29 is 0 Å². The lowest BCUT2D eigenvalue weighted by Gasteiger charge is -2.46. The van der Waals surface area contributed by atoms with Gasteiger partial charge in [-0.05, 0) is 89.2 Å². The summed E-state index contributed by atoms with van der Waals surface area (Å²) in [7, 11) is 0. The Kier molecular flexibility index (Phi) is 7.10. The lowest BCUT2D eigenvalue weighted by molar-refractivity contribution is 0.144. The van der Waals surface area contributed by atoms with Gasteiger partial charge < -0.3 is 0 Å². The van der Waals surface area contributed by atoms with E-state index in [1.807, 2.05) is 0 Å². The number of fused-ring (bicyclic) bond motifs is 2. The predicted octanol–water partition coefficient (Wildman–Crippen LogP) is 11.2. The van der Waals surface area contributed by atoms with E-state index >= 15 is 0 Å². The number of hydrogen-bond donors (Lipinski definition) is 0. The third-order valence-corrected chi connectivity index (χ3v) is 11.5. The second kappa shape index (κ2) is 10.8. The average molecular weight is 505 g/mol. The van der Waals surface area contributed by atoms with Crippen LogP contribution in [0.5, 0.6) is 0 Å². The van der Waals surface area contributed by atoms with E-state index in [0.29, 0.717) is 17.3 Å². The monoisotopic (exact) mass is 504 g/mol. The molecule has 2 atom stereocenters. The van der Waals surface area contributed by atoms with Gasteiger partial charge in [0, 0.05) is 11.8 Å². The van der Waals surface area contributed by atoms with E-state index in [0.717, 1.165) is 11.8 Å². The lowest BCUT2D eigenvalue weighted by atomic mass is 9.57. The van der Waals surface area contributed by atoms with Crippen LogP contribution in [0.1, 0.15) is 143 Å². The molecule has 0 radical (unpaired) electrons. The first-order valence-electron chi connectivity index (χ1n) is 16.5. The first-order valence-corrected chi connectivity index (χ1v) is 16.5. The fourth-order valence-corrected chi connectivity index (χ4v) is 9.65. The van der Waals surface area contributed by atoms with Gasteiger partial charge in [-0.15, -0.1) is 0 Å². The maximum atomic E-state index is 2.85. The van der Waals surface area contributed by atoms with Crippen molar-refractivity contribution in [1.82, 2.24) is 0 Å². The second-order valence-electron chi connectivity index (χ2n) is 13.5. The molecular formula is C38H48. The average Bonchev–Trinajstić information content (AvgIpc) is 3.27. The van der Waals surface area contributed by atoms with Crippen molar-refractivity contribution in [2.75, 3.05) is 0 Å². The van der Waals surface area contributed by atoms with E-state index in [2.05, 4.69) is 60.7 Å². The molecule has 2 unspecified atom stereocenters. The fourth-order valence-electron chi connectivity index (χ4n) is 9.65. The third-order valence-electron chi connectivity index (χ3n) is 11.5. The number of benzene rings is 2. The molecule has 3 fully saturated rings. The molecular weight excluding hydrogens is 456 g/mol. The zero-order valence-corrected chi connectivity index (χ0v) is 23.6. The molecule has 200 valence electrons. The van der Waals surface area contributed by atoms with Crippen molar-refractivity contribution in [3.8, 4) is 0 Å². The van der Waals surface area contributed by atoms with E-state index in [-0.39, 0.29) is 0 Å². The van der Waals surface area contributed by atoms with Gasteiger partial charge in [0.2, 0.25) is 0 Å². The molecule has 38 heavy (non-hydrogen) atoms. The van der Waals surface area contributed by atoms with Crippen LogP contribution in [-0.4, -0.2) is 0 Å². The Hall–Kier alpha value is -2.08. The maximum absolute atomic E-state index is 2.85.